The van der Waals surface area contributed by atoms with Gasteiger partial charge in [-0.15, -0.1) is 0 Å². The second-order valence-electron chi connectivity index (χ2n) is 5.82. The molecule has 1 aliphatic rings. The number of rotatable bonds is 8. The summed E-state index contributed by atoms with van der Waals surface area (Å²) in [4.78, 5) is 12.1. The Kier molecular flexibility index (Phi) is 6.73. The fraction of sp³-hybridized carbons (Fsp3) is 0.562. The maximum Gasteiger partial charge on any atom is 0.242 e. The number of ether oxygens (including phenoxy) is 2. The van der Waals surface area contributed by atoms with Gasteiger partial charge in [-0.05, 0) is 31.0 Å². The lowest BCUT2D eigenvalue weighted by molar-refractivity contribution is -0.117. The Bertz CT molecular complexity index is 654. The van der Waals surface area contributed by atoms with Gasteiger partial charge >= 0.3 is 0 Å². The van der Waals surface area contributed by atoms with Crippen LogP contribution in [0.4, 0.5) is 5.69 Å². The summed E-state index contributed by atoms with van der Waals surface area (Å²) in [7, 11) is -0.594. The minimum absolute atomic E-state index is 0.139. The molecule has 0 spiro atoms. The highest BCUT2D eigenvalue weighted by Gasteiger charge is 2.18. The van der Waals surface area contributed by atoms with Gasteiger partial charge in [-0.1, -0.05) is 6.07 Å². The Morgan fingerprint density at radius 1 is 1.42 bits per heavy atom. The summed E-state index contributed by atoms with van der Waals surface area (Å²) in [6, 6.07) is 6.19. The molecule has 134 valence electrons. The van der Waals surface area contributed by atoms with E-state index in [1.807, 2.05) is 0 Å². The van der Waals surface area contributed by atoms with E-state index in [0.29, 0.717) is 18.9 Å². The molecule has 1 aromatic rings. The highest BCUT2D eigenvalue weighted by Crippen LogP contribution is 2.18. The van der Waals surface area contributed by atoms with Gasteiger partial charge in [0.15, 0.2) is 0 Å². The fourth-order valence-electron chi connectivity index (χ4n) is 2.32. The molecule has 2 rings (SSSR count). The van der Waals surface area contributed by atoms with Crippen LogP contribution in [0.5, 0.6) is 0 Å². The molecule has 1 fully saturated rings. The molecule has 1 aromatic carbocycles. The molecule has 1 atom stereocenters. The second-order valence-corrected chi connectivity index (χ2v) is 7.98. The largest absolute Gasteiger partial charge is 0.378 e. The predicted molar refractivity (Wildman–Crippen MR) is 90.4 cm³/mol. The van der Waals surface area contributed by atoms with Gasteiger partial charge in [-0.3, -0.25) is 4.79 Å². The molecule has 0 saturated carbocycles. The molecule has 1 heterocycles. The van der Waals surface area contributed by atoms with Crippen LogP contribution in [-0.2, 0) is 24.3 Å². The molecule has 1 saturated heterocycles. The van der Waals surface area contributed by atoms with Gasteiger partial charge in [-0.25, -0.2) is 12.7 Å². The summed E-state index contributed by atoms with van der Waals surface area (Å²) in [5.74, 6) is -0.221. The van der Waals surface area contributed by atoms with E-state index < -0.39 is 10.0 Å². The van der Waals surface area contributed by atoms with E-state index in [2.05, 4.69) is 5.32 Å². The summed E-state index contributed by atoms with van der Waals surface area (Å²) in [6.45, 7) is 1.59. The normalized spacial score (nSPS) is 18.0. The Labute approximate surface area is 143 Å². The van der Waals surface area contributed by atoms with E-state index >= 15 is 0 Å². The topological polar surface area (TPSA) is 84.9 Å². The second kappa shape index (κ2) is 8.57. The van der Waals surface area contributed by atoms with E-state index in [0.717, 1.165) is 23.8 Å². The lowest BCUT2D eigenvalue weighted by atomic mass is 10.2. The van der Waals surface area contributed by atoms with Crippen molar-refractivity contribution in [2.24, 2.45) is 0 Å². The number of carbonyl (C=O) groups is 1. The Balaban J connectivity index is 1.81. The molecule has 1 amide bonds. The summed E-state index contributed by atoms with van der Waals surface area (Å²) >= 11 is 0. The van der Waals surface area contributed by atoms with Crippen LogP contribution in [0.1, 0.15) is 19.3 Å². The maximum absolute atomic E-state index is 12.1. The van der Waals surface area contributed by atoms with Gasteiger partial charge < -0.3 is 14.8 Å². The standard InChI is InChI=1S/C16H24N2O5S/c1-18(2)24(20,21)15-7-3-5-13(11-15)17-16(19)8-10-22-12-14-6-4-9-23-14/h3,5,7,11,14H,4,6,8-10,12H2,1-2H3,(H,17,19). The smallest absolute Gasteiger partial charge is 0.242 e. The van der Waals surface area contributed by atoms with E-state index in [1.54, 1.807) is 12.1 Å². The number of amides is 1. The molecule has 24 heavy (non-hydrogen) atoms. The van der Waals surface area contributed by atoms with Crippen LogP contribution in [0, 0.1) is 0 Å². The Morgan fingerprint density at radius 2 is 2.21 bits per heavy atom. The molecule has 1 aliphatic heterocycles. The first-order valence-corrected chi connectivity index (χ1v) is 9.35. The van der Waals surface area contributed by atoms with Crippen molar-refractivity contribution in [1.29, 1.82) is 0 Å². The molecule has 7 nitrogen and oxygen atoms in total. The van der Waals surface area contributed by atoms with E-state index in [1.165, 1.54) is 26.2 Å². The zero-order valence-electron chi connectivity index (χ0n) is 14.0. The van der Waals surface area contributed by atoms with Gasteiger partial charge in [0.25, 0.3) is 0 Å². The first-order chi connectivity index (χ1) is 11.4. The van der Waals surface area contributed by atoms with Crippen molar-refractivity contribution in [2.45, 2.75) is 30.3 Å². The van der Waals surface area contributed by atoms with Gasteiger partial charge in [0.05, 0.1) is 30.6 Å². The lowest BCUT2D eigenvalue weighted by Gasteiger charge is -2.13. The number of carbonyl (C=O) groups excluding carboxylic acids is 1. The third kappa shape index (κ3) is 5.27. The van der Waals surface area contributed by atoms with Crippen molar-refractivity contribution in [2.75, 3.05) is 39.2 Å². The number of sulfonamides is 1. The van der Waals surface area contributed by atoms with Crippen LogP contribution in [0.2, 0.25) is 0 Å². The number of nitrogens with zero attached hydrogens (tertiary/aromatic N) is 1. The lowest BCUT2D eigenvalue weighted by Crippen LogP contribution is -2.22. The number of benzene rings is 1. The van der Waals surface area contributed by atoms with Gasteiger partial charge in [0, 0.05) is 26.4 Å². The third-order valence-corrected chi connectivity index (χ3v) is 5.51. The molecule has 1 unspecified atom stereocenters. The van der Waals surface area contributed by atoms with Gasteiger partial charge in [-0.2, -0.15) is 0 Å². The molecule has 1 N–H and O–H groups in total. The van der Waals surface area contributed by atoms with Crippen LogP contribution in [0.3, 0.4) is 0 Å². The van der Waals surface area contributed by atoms with Crippen LogP contribution >= 0.6 is 0 Å². The van der Waals surface area contributed by atoms with Crippen LogP contribution in [0.25, 0.3) is 0 Å². The Morgan fingerprint density at radius 3 is 2.88 bits per heavy atom. The molecular formula is C16H24N2O5S. The Hall–Kier alpha value is -1.48. The minimum Gasteiger partial charge on any atom is -0.378 e. The molecule has 0 radical (unpaired) electrons. The van der Waals surface area contributed by atoms with Crippen molar-refractivity contribution in [1.82, 2.24) is 4.31 Å². The monoisotopic (exact) mass is 356 g/mol. The summed E-state index contributed by atoms with van der Waals surface area (Å²) in [5, 5.41) is 2.69. The van der Waals surface area contributed by atoms with E-state index in [4.69, 9.17) is 9.47 Å². The average molecular weight is 356 g/mol. The molecular weight excluding hydrogens is 332 g/mol. The number of nitrogens with one attached hydrogen (secondary N) is 1. The van der Waals surface area contributed by atoms with Crippen molar-refractivity contribution in [3.05, 3.63) is 24.3 Å². The SMILES string of the molecule is CN(C)S(=O)(=O)c1cccc(NC(=O)CCOCC2CCCO2)c1. The van der Waals surface area contributed by atoms with E-state index in [9.17, 15) is 13.2 Å². The van der Waals surface area contributed by atoms with Crippen LogP contribution in [-0.4, -0.2) is 58.7 Å². The summed E-state index contributed by atoms with van der Waals surface area (Å²) < 4.78 is 36.2. The average Bonchev–Trinajstić information content (AvgIpc) is 3.05. The van der Waals surface area contributed by atoms with Crippen molar-refractivity contribution < 1.29 is 22.7 Å². The molecule has 8 heteroatoms. The number of hydrogen-bond donors (Lipinski definition) is 1. The molecule has 0 aromatic heterocycles. The third-order valence-electron chi connectivity index (χ3n) is 3.70. The van der Waals surface area contributed by atoms with Crippen LogP contribution < -0.4 is 5.32 Å². The first kappa shape index (κ1) is 18.9. The highest BCUT2D eigenvalue weighted by molar-refractivity contribution is 7.89. The zero-order chi connectivity index (χ0) is 17.6. The van der Waals surface area contributed by atoms with Crippen molar-refractivity contribution >= 4 is 21.6 Å². The predicted octanol–water partition coefficient (Wildman–Crippen LogP) is 1.46. The summed E-state index contributed by atoms with van der Waals surface area (Å²) in [6.07, 6.45) is 2.40. The first-order valence-electron chi connectivity index (χ1n) is 7.91. The molecule has 0 aliphatic carbocycles. The van der Waals surface area contributed by atoms with Crippen LogP contribution in [0.15, 0.2) is 29.2 Å². The quantitative estimate of drug-likeness (QED) is 0.713. The minimum atomic E-state index is -3.52. The highest BCUT2D eigenvalue weighted by atomic mass is 32.2. The number of anilines is 1. The molecule has 0 bridgehead atoms. The summed E-state index contributed by atoms with van der Waals surface area (Å²) in [5.41, 5.74) is 0.446. The van der Waals surface area contributed by atoms with Crippen molar-refractivity contribution in [3.63, 3.8) is 0 Å². The maximum atomic E-state index is 12.1. The van der Waals surface area contributed by atoms with Crippen molar-refractivity contribution in [3.8, 4) is 0 Å². The van der Waals surface area contributed by atoms with E-state index in [-0.39, 0.29) is 23.3 Å². The zero-order valence-corrected chi connectivity index (χ0v) is 14.8. The number of hydrogen-bond acceptors (Lipinski definition) is 5. The van der Waals surface area contributed by atoms with Gasteiger partial charge in [0.1, 0.15) is 0 Å². The fourth-order valence-corrected chi connectivity index (χ4v) is 3.27. The van der Waals surface area contributed by atoms with Gasteiger partial charge in [0.2, 0.25) is 15.9 Å².